The molecule has 0 amide bonds. The number of hydrogen-bond donors (Lipinski definition) is 1. The molecule has 90 valence electrons. The standard InChI is InChI=1S/C11H16O.C4H8/c1-3-4-5-10-6-7-11(12)8-9(10)2;1-2-4-3-1/h6-8,12H,3-5H2,1-2H3;1-4H2. The highest BCUT2D eigenvalue weighted by Gasteiger charge is 1.98. The Kier molecular flexibility index (Phi) is 5.99. The van der Waals surface area contributed by atoms with E-state index in [-0.39, 0.29) is 0 Å². The van der Waals surface area contributed by atoms with E-state index < -0.39 is 0 Å². The molecule has 1 aromatic rings. The summed E-state index contributed by atoms with van der Waals surface area (Å²) < 4.78 is 0. The number of unbranched alkanes of at least 4 members (excludes halogenated alkanes) is 1. The Morgan fingerprint density at radius 2 is 1.75 bits per heavy atom. The second-order valence-electron chi connectivity index (χ2n) is 4.63. The predicted octanol–water partition coefficient (Wildman–Crippen LogP) is 4.60. The van der Waals surface area contributed by atoms with Crippen LogP contribution in [0.4, 0.5) is 0 Å². The molecule has 0 unspecified atom stereocenters. The summed E-state index contributed by atoms with van der Waals surface area (Å²) in [7, 11) is 0. The van der Waals surface area contributed by atoms with E-state index in [2.05, 4.69) is 6.92 Å². The third-order valence-corrected chi connectivity index (χ3v) is 3.13. The molecule has 0 aliphatic heterocycles. The Hall–Kier alpha value is -0.980. The van der Waals surface area contributed by atoms with Crippen LogP contribution >= 0.6 is 0 Å². The van der Waals surface area contributed by atoms with Crippen molar-refractivity contribution >= 4 is 0 Å². The molecule has 1 fully saturated rings. The summed E-state index contributed by atoms with van der Waals surface area (Å²) in [6.45, 7) is 4.24. The van der Waals surface area contributed by atoms with Gasteiger partial charge in [0.2, 0.25) is 0 Å². The molecule has 0 bridgehead atoms. The summed E-state index contributed by atoms with van der Waals surface area (Å²) in [6.07, 6.45) is 9.58. The van der Waals surface area contributed by atoms with Crippen molar-refractivity contribution in [3.63, 3.8) is 0 Å². The second kappa shape index (κ2) is 7.32. The molecule has 16 heavy (non-hydrogen) atoms. The molecule has 0 atom stereocenters. The molecule has 0 saturated heterocycles. The zero-order valence-electron chi connectivity index (χ0n) is 10.6. The zero-order chi connectivity index (χ0) is 11.8. The fourth-order valence-corrected chi connectivity index (χ4v) is 1.58. The van der Waals surface area contributed by atoms with Crippen LogP contribution in [0.2, 0.25) is 0 Å². The summed E-state index contributed by atoms with van der Waals surface area (Å²) in [5, 5.41) is 9.16. The van der Waals surface area contributed by atoms with Crippen LogP contribution in [0.5, 0.6) is 5.75 Å². The van der Waals surface area contributed by atoms with Gasteiger partial charge in [0.25, 0.3) is 0 Å². The number of aromatic hydroxyl groups is 1. The van der Waals surface area contributed by atoms with Crippen LogP contribution in [0.3, 0.4) is 0 Å². The van der Waals surface area contributed by atoms with Gasteiger partial charge in [-0.05, 0) is 43.0 Å². The number of hydrogen-bond acceptors (Lipinski definition) is 1. The van der Waals surface area contributed by atoms with Crippen molar-refractivity contribution in [1.29, 1.82) is 0 Å². The fourth-order valence-electron chi connectivity index (χ4n) is 1.58. The Morgan fingerprint density at radius 3 is 2.19 bits per heavy atom. The first-order valence-corrected chi connectivity index (χ1v) is 6.52. The van der Waals surface area contributed by atoms with Crippen LogP contribution in [-0.2, 0) is 6.42 Å². The lowest BCUT2D eigenvalue weighted by Gasteiger charge is -2.05. The minimum Gasteiger partial charge on any atom is -0.508 e. The first kappa shape index (κ1) is 13.1. The zero-order valence-corrected chi connectivity index (χ0v) is 10.6. The van der Waals surface area contributed by atoms with Gasteiger partial charge in [0.1, 0.15) is 5.75 Å². The van der Waals surface area contributed by atoms with E-state index >= 15 is 0 Å². The lowest BCUT2D eigenvalue weighted by molar-refractivity contribution is 0.474. The average molecular weight is 220 g/mol. The first-order valence-electron chi connectivity index (χ1n) is 6.52. The first-order chi connectivity index (χ1) is 7.74. The largest absolute Gasteiger partial charge is 0.508 e. The smallest absolute Gasteiger partial charge is 0.115 e. The topological polar surface area (TPSA) is 20.2 Å². The van der Waals surface area contributed by atoms with E-state index in [9.17, 15) is 0 Å². The van der Waals surface area contributed by atoms with Crippen molar-refractivity contribution in [2.75, 3.05) is 0 Å². The van der Waals surface area contributed by atoms with Gasteiger partial charge in [-0.2, -0.15) is 0 Å². The van der Waals surface area contributed by atoms with Crippen LogP contribution in [0.25, 0.3) is 0 Å². The van der Waals surface area contributed by atoms with Crippen molar-refractivity contribution in [3.8, 4) is 5.75 Å². The molecule has 0 radical (unpaired) electrons. The minimum absolute atomic E-state index is 0.368. The number of aryl methyl sites for hydroxylation is 2. The molecule has 1 heteroatoms. The van der Waals surface area contributed by atoms with E-state index in [4.69, 9.17) is 5.11 Å². The van der Waals surface area contributed by atoms with Gasteiger partial charge in [0, 0.05) is 0 Å². The fraction of sp³-hybridized carbons (Fsp3) is 0.600. The molecule has 1 aliphatic rings. The Morgan fingerprint density at radius 1 is 1.12 bits per heavy atom. The minimum atomic E-state index is 0.368. The maximum atomic E-state index is 9.16. The summed E-state index contributed by atoms with van der Waals surface area (Å²) in [4.78, 5) is 0. The molecule has 0 heterocycles. The Balaban J connectivity index is 0.000000267. The van der Waals surface area contributed by atoms with Crippen molar-refractivity contribution < 1.29 is 5.11 Å². The van der Waals surface area contributed by atoms with Crippen molar-refractivity contribution in [1.82, 2.24) is 0 Å². The van der Waals surface area contributed by atoms with Gasteiger partial charge in [-0.25, -0.2) is 0 Å². The monoisotopic (exact) mass is 220 g/mol. The van der Waals surface area contributed by atoms with Gasteiger partial charge in [-0.15, -0.1) is 0 Å². The van der Waals surface area contributed by atoms with Crippen LogP contribution in [0.15, 0.2) is 18.2 Å². The summed E-state index contributed by atoms with van der Waals surface area (Å²) in [5.74, 6) is 0.368. The maximum absolute atomic E-state index is 9.16. The average Bonchev–Trinajstić information content (AvgIpc) is 2.14. The van der Waals surface area contributed by atoms with Crippen molar-refractivity contribution in [2.24, 2.45) is 0 Å². The van der Waals surface area contributed by atoms with Crippen LogP contribution in [0.1, 0.15) is 56.6 Å². The van der Waals surface area contributed by atoms with Gasteiger partial charge in [0.15, 0.2) is 0 Å². The van der Waals surface area contributed by atoms with Gasteiger partial charge in [0.05, 0.1) is 0 Å². The molecule has 1 saturated carbocycles. The van der Waals surface area contributed by atoms with Gasteiger partial charge in [-0.1, -0.05) is 45.1 Å². The van der Waals surface area contributed by atoms with Crippen molar-refractivity contribution in [2.45, 2.75) is 58.8 Å². The Labute approximate surface area is 99.5 Å². The summed E-state index contributed by atoms with van der Waals surface area (Å²) >= 11 is 0. The van der Waals surface area contributed by atoms with Crippen molar-refractivity contribution in [3.05, 3.63) is 29.3 Å². The lowest BCUT2D eigenvalue weighted by Crippen LogP contribution is -1.88. The molecular formula is C15H24O. The normalized spacial score (nSPS) is 13.6. The van der Waals surface area contributed by atoms with Gasteiger partial charge < -0.3 is 5.11 Å². The number of benzene rings is 1. The van der Waals surface area contributed by atoms with E-state index in [0.29, 0.717) is 5.75 Å². The van der Waals surface area contributed by atoms with Crippen LogP contribution < -0.4 is 0 Å². The molecule has 1 aromatic carbocycles. The molecule has 0 spiro atoms. The molecular weight excluding hydrogens is 196 g/mol. The van der Waals surface area contributed by atoms with E-state index in [1.807, 2.05) is 19.1 Å². The summed E-state index contributed by atoms with van der Waals surface area (Å²) in [6, 6.07) is 5.60. The molecule has 1 N–H and O–H groups in total. The lowest BCUT2D eigenvalue weighted by atomic mass is 10.0. The van der Waals surface area contributed by atoms with Crippen LogP contribution in [-0.4, -0.2) is 5.11 Å². The van der Waals surface area contributed by atoms with Gasteiger partial charge in [-0.3, -0.25) is 0 Å². The van der Waals surface area contributed by atoms with Gasteiger partial charge >= 0.3 is 0 Å². The highest BCUT2D eigenvalue weighted by Crippen LogP contribution is 2.17. The predicted molar refractivity (Wildman–Crippen MR) is 69.9 cm³/mol. The van der Waals surface area contributed by atoms with E-state index in [1.165, 1.54) is 49.7 Å². The van der Waals surface area contributed by atoms with E-state index in [0.717, 1.165) is 6.42 Å². The molecule has 0 aromatic heterocycles. The third-order valence-electron chi connectivity index (χ3n) is 3.13. The molecule has 1 aliphatic carbocycles. The highest BCUT2D eigenvalue weighted by atomic mass is 16.3. The number of phenolic OH excluding ortho intramolecular Hbond substituents is 1. The number of phenols is 1. The molecule has 1 nitrogen and oxygen atoms in total. The second-order valence-corrected chi connectivity index (χ2v) is 4.63. The van der Waals surface area contributed by atoms with Crippen LogP contribution in [0, 0.1) is 6.92 Å². The van der Waals surface area contributed by atoms with E-state index in [1.54, 1.807) is 6.07 Å². The highest BCUT2D eigenvalue weighted by molar-refractivity contribution is 5.33. The maximum Gasteiger partial charge on any atom is 0.115 e. The quantitative estimate of drug-likeness (QED) is 0.789. The third kappa shape index (κ3) is 4.69. The molecule has 2 rings (SSSR count). The SMILES string of the molecule is C1CCC1.CCCCc1ccc(O)cc1C. The summed E-state index contributed by atoms with van der Waals surface area (Å²) in [5.41, 5.74) is 2.55. The number of rotatable bonds is 3. The Bertz CT molecular complexity index is 296.